The molecule has 1 aromatic rings. The molecule has 70 valence electrons. The molecule has 0 spiro atoms. The summed E-state index contributed by atoms with van der Waals surface area (Å²) in [5.41, 5.74) is 1.19. The van der Waals surface area contributed by atoms with E-state index >= 15 is 0 Å². The Morgan fingerprint density at radius 3 is 3.00 bits per heavy atom. The van der Waals surface area contributed by atoms with Crippen LogP contribution in [-0.2, 0) is 0 Å². The molecule has 0 atom stereocenters. The van der Waals surface area contributed by atoms with Gasteiger partial charge in [0.2, 0.25) is 0 Å². The number of nitrogens with one attached hydrogen (secondary N) is 1. The summed E-state index contributed by atoms with van der Waals surface area (Å²) in [5, 5.41) is 3.32. The van der Waals surface area contributed by atoms with Gasteiger partial charge in [-0.15, -0.1) is 11.8 Å². The fourth-order valence-electron chi connectivity index (χ4n) is 1.03. The van der Waals surface area contributed by atoms with Crippen molar-refractivity contribution >= 4 is 17.4 Å². The van der Waals surface area contributed by atoms with Crippen LogP contribution in [0.15, 0.2) is 41.3 Å². The number of hydrogen-bond acceptors (Lipinski definition) is 2. The fourth-order valence-corrected chi connectivity index (χ4v) is 1.49. The molecule has 1 aromatic carbocycles. The molecule has 13 heavy (non-hydrogen) atoms. The molecule has 0 radical (unpaired) electrons. The Labute approximate surface area is 84.2 Å². The number of hydrogen-bond donors (Lipinski definition) is 1. The maximum absolute atomic E-state index is 3.32. The average Bonchev–Trinajstić information content (AvgIpc) is 2.19. The molecule has 1 nitrogen and oxygen atoms in total. The van der Waals surface area contributed by atoms with Crippen molar-refractivity contribution in [1.82, 2.24) is 0 Å². The fraction of sp³-hybridized carbons (Fsp3) is 0.273. The molecule has 0 amide bonds. The van der Waals surface area contributed by atoms with Crippen LogP contribution in [0.3, 0.4) is 0 Å². The highest BCUT2D eigenvalue weighted by Crippen LogP contribution is 2.18. The van der Waals surface area contributed by atoms with E-state index in [9.17, 15) is 0 Å². The average molecular weight is 193 g/mol. The first-order chi connectivity index (χ1) is 6.36. The highest BCUT2D eigenvalue weighted by atomic mass is 32.2. The summed E-state index contributed by atoms with van der Waals surface area (Å²) in [4.78, 5) is 1.30. The molecule has 0 aliphatic rings. The van der Waals surface area contributed by atoms with Crippen molar-refractivity contribution in [2.75, 3.05) is 18.1 Å². The Hall–Kier alpha value is -0.890. The van der Waals surface area contributed by atoms with Crippen molar-refractivity contribution in [3.8, 4) is 0 Å². The first kappa shape index (κ1) is 10.2. The first-order valence-electron chi connectivity index (χ1n) is 4.36. The molecule has 0 fully saturated rings. The summed E-state index contributed by atoms with van der Waals surface area (Å²) in [6, 6.07) is 8.44. The summed E-state index contributed by atoms with van der Waals surface area (Å²) in [5.74, 6) is 0. The second-order valence-corrected chi connectivity index (χ2v) is 3.56. The van der Waals surface area contributed by atoms with E-state index in [2.05, 4.69) is 41.9 Å². The number of anilines is 1. The Balaban J connectivity index is 2.56. The highest BCUT2D eigenvalue weighted by molar-refractivity contribution is 7.98. The third kappa shape index (κ3) is 3.55. The van der Waals surface area contributed by atoms with Crippen LogP contribution < -0.4 is 5.32 Å². The molecule has 0 saturated carbocycles. The van der Waals surface area contributed by atoms with Crippen LogP contribution in [0.25, 0.3) is 0 Å². The van der Waals surface area contributed by atoms with E-state index in [4.69, 9.17) is 0 Å². The second kappa shape index (κ2) is 5.70. The minimum Gasteiger partial charge on any atom is -0.382 e. The first-order valence-corrected chi connectivity index (χ1v) is 5.58. The summed E-state index contributed by atoms with van der Waals surface area (Å²) >= 11 is 1.76. The van der Waals surface area contributed by atoms with Crippen LogP contribution >= 0.6 is 11.8 Å². The van der Waals surface area contributed by atoms with Gasteiger partial charge in [0, 0.05) is 17.1 Å². The van der Waals surface area contributed by atoms with Crippen molar-refractivity contribution < 1.29 is 0 Å². The summed E-state index contributed by atoms with van der Waals surface area (Å²) in [6.07, 6.45) is 6.24. The van der Waals surface area contributed by atoms with Gasteiger partial charge in [-0.25, -0.2) is 0 Å². The molecule has 0 aliphatic carbocycles. The summed E-state index contributed by atoms with van der Waals surface area (Å²) < 4.78 is 0. The number of thioether (sulfide) groups is 1. The van der Waals surface area contributed by atoms with Crippen LogP contribution in [0.4, 0.5) is 5.69 Å². The molecule has 0 heterocycles. The van der Waals surface area contributed by atoms with Crippen molar-refractivity contribution in [2.24, 2.45) is 0 Å². The van der Waals surface area contributed by atoms with Gasteiger partial charge in [0.25, 0.3) is 0 Å². The van der Waals surface area contributed by atoms with E-state index in [0.717, 1.165) is 6.54 Å². The van der Waals surface area contributed by atoms with E-state index < -0.39 is 0 Å². The Bertz CT molecular complexity index is 281. The van der Waals surface area contributed by atoms with Gasteiger partial charge in [0.05, 0.1) is 0 Å². The summed E-state index contributed by atoms with van der Waals surface area (Å²) in [6.45, 7) is 2.92. The smallest absolute Gasteiger partial charge is 0.0353 e. The predicted octanol–water partition coefficient (Wildman–Crippen LogP) is 3.40. The van der Waals surface area contributed by atoms with Crippen LogP contribution in [0, 0.1) is 0 Å². The van der Waals surface area contributed by atoms with Gasteiger partial charge >= 0.3 is 0 Å². The predicted molar refractivity (Wildman–Crippen MR) is 61.5 cm³/mol. The van der Waals surface area contributed by atoms with Gasteiger partial charge in [-0.1, -0.05) is 18.2 Å². The third-order valence-corrected chi connectivity index (χ3v) is 2.45. The van der Waals surface area contributed by atoms with Crippen LogP contribution in [0.2, 0.25) is 0 Å². The van der Waals surface area contributed by atoms with E-state index in [1.807, 2.05) is 13.0 Å². The maximum Gasteiger partial charge on any atom is 0.0353 e. The Morgan fingerprint density at radius 1 is 1.46 bits per heavy atom. The topological polar surface area (TPSA) is 12.0 Å². The standard InChI is InChI=1S/C11H15NS/c1-3-4-8-12-10-6-5-7-11(9-10)13-2/h3-7,9,12H,8H2,1-2H3/b4-3+. The zero-order chi connectivity index (χ0) is 9.52. The highest BCUT2D eigenvalue weighted by Gasteiger charge is 1.91. The van der Waals surface area contributed by atoms with E-state index in [-0.39, 0.29) is 0 Å². The van der Waals surface area contributed by atoms with E-state index in [1.165, 1.54) is 10.6 Å². The molecule has 1 rings (SSSR count). The molecule has 0 aromatic heterocycles. The minimum absolute atomic E-state index is 0.897. The van der Waals surface area contributed by atoms with E-state index in [0.29, 0.717) is 0 Å². The largest absolute Gasteiger partial charge is 0.382 e. The molecule has 0 aliphatic heterocycles. The second-order valence-electron chi connectivity index (χ2n) is 2.68. The lowest BCUT2D eigenvalue weighted by Crippen LogP contribution is -1.97. The van der Waals surface area contributed by atoms with Crippen molar-refractivity contribution in [1.29, 1.82) is 0 Å². The quantitative estimate of drug-likeness (QED) is 0.581. The Morgan fingerprint density at radius 2 is 2.31 bits per heavy atom. The number of benzene rings is 1. The van der Waals surface area contributed by atoms with Gasteiger partial charge in [0.1, 0.15) is 0 Å². The minimum atomic E-state index is 0.897. The normalized spacial score (nSPS) is 10.6. The van der Waals surface area contributed by atoms with Crippen molar-refractivity contribution in [3.05, 3.63) is 36.4 Å². The maximum atomic E-state index is 3.32. The third-order valence-electron chi connectivity index (χ3n) is 1.73. The Kier molecular flexibility index (Phi) is 4.47. The van der Waals surface area contributed by atoms with Gasteiger partial charge in [-0.3, -0.25) is 0 Å². The molecule has 2 heteroatoms. The summed E-state index contributed by atoms with van der Waals surface area (Å²) in [7, 11) is 0. The van der Waals surface area contributed by atoms with Crippen LogP contribution in [0.5, 0.6) is 0 Å². The molecule has 0 saturated heterocycles. The SMILES string of the molecule is C/C=C/CNc1cccc(SC)c1. The zero-order valence-corrected chi connectivity index (χ0v) is 8.90. The molecule has 0 unspecified atom stereocenters. The lowest BCUT2D eigenvalue weighted by molar-refractivity contribution is 1.31. The zero-order valence-electron chi connectivity index (χ0n) is 8.08. The van der Waals surface area contributed by atoms with Gasteiger partial charge in [0.15, 0.2) is 0 Å². The van der Waals surface area contributed by atoms with Gasteiger partial charge in [-0.2, -0.15) is 0 Å². The lowest BCUT2D eigenvalue weighted by atomic mass is 10.3. The van der Waals surface area contributed by atoms with Crippen LogP contribution in [-0.4, -0.2) is 12.8 Å². The molecule has 0 bridgehead atoms. The van der Waals surface area contributed by atoms with Crippen molar-refractivity contribution in [2.45, 2.75) is 11.8 Å². The number of rotatable bonds is 4. The molecular formula is C11H15NS. The monoisotopic (exact) mass is 193 g/mol. The van der Waals surface area contributed by atoms with Gasteiger partial charge in [-0.05, 0) is 31.4 Å². The lowest BCUT2D eigenvalue weighted by Gasteiger charge is -2.04. The molecule has 1 N–H and O–H groups in total. The van der Waals surface area contributed by atoms with Gasteiger partial charge < -0.3 is 5.32 Å². The van der Waals surface area contributed by atoms with E-state index in [1.54, 1.807) is 11.8 Å². The van der Waals surface area contributed by atoms with Crippen molar-refractivity contribution in [3.63, 3.8) is 0 Å². The molecular weight excluding hydrogens is 178 g/mol. The number of allylic oxidation sites excluding steroid dienone is 1. The van der Waals surface area contributed by atoms with Crippen LogP contribution in [0.1, 0.15) is 6.92 Å².